The Balaban J connectivity index is 1.33. The average Bonchev–Trinajstić information content (AvgIpc) is 3.34. The highest BCUT2D eigenvalue weighted by molar-refractivity contribution is 7.21. The number of rotatable bonds is 3. The topological polar surface area (TPSA) is 71.7 Å². The fourth-order valence-electron chi connectivity index (χ4n) is 3.67. The molecule has 1 saturated heterocycles. The predicted octanol–water partition coefficient (Wildman–Crippen LogP) is 3.72. The molecule has 0 N–H and O–H groups in total. The van der Waals surface area contributed by atoms with Crippen molar-refractivity contribution in [1.29, 1.82) is 0 Å². The molecule has 0 bridgehead atoms. The highest BCUT2D eigenvalue weighted by atomic mass is 32.1. The van der Waals surface area contributed by atoms with Gasteiger partial charge in [-0.1, -0.05) is 11.3 Å². The monoisotopic (exact) mass is 408 g/mol. The number of aromatic nitrogens is 2. The van der Waals surface area contributed by atoms with E-state index in [2.05, 4.69) is 14.9 Å². The number of thiazole rings is 1. The summed E-state index contributed by atoms with van der Waals surface area (Å²) in [4.78, 5) is 27.1. The molecule has 1 amide bonds. The first-order valence-corrected chi connectivity index (χ1v) is 10.3. The number of pyridine rings is 1. The number of fused-ring (bicyclic) bond motifs is 2. The second-order valence-electron chi connectivity index (χ2n) is 7.02. The van der Waals surface area contributed by atoms with Crippen molar-refractivity contribution in [2.45, 2.75) is 6.92 Å². The Kier molecular flexibility index (Phi) is 4.35. The number of anilines is 1. The fraction of sp³-hybridized carbons (Fsp3) is 0.286. The van der Waals surface area contributed by atoms with E-state index in [4.69, 9.17) is 9.15 Å². The second-order valence-corrected chi connectivity index (χ2v) is 7.98. The molecule has 0 unspecified atom stereocenters. The number of furan rings is 1. The fourth-order valence-corrected chi connectivity index (χ4v) is 4.63. The minimum Gasteiger partial charge on any atom is -0.497 e. The van der Waals surface area contributed by atoms with Gasteiger partial charge in [0.2, 0.25) is 0 Å². The van der Waals surface area contributed by atoms with Crippen molar-refractivity contribution in [2.24, 2.45) is 0 Å². The molecule has 1 aliphatic heterocycles. The van der Waals surface area contributed by atoms with Crippen LogP contribution in [0.25, 0.3) is 21.3 Å². The largest absolute Gasteiger partial charge is 0.497 e. The number of hydrogen-bond donors (Lipinski definition) is 0. The van der Waals surface area contributed by atoms with Crippen molar-refractivity contribution in [3.8, 4) is 5.75 Å². The van der Waals surface area contributed by atoms with E-state index in [0.29, 0.717) is 24.4 Å². The zero-order valence-electron chi connectivity index (χ0n) is 16.2. The molecule has 3 aromatic heterocycles. The maximum Gasteiger partial charge on any atom is 0.290 e. The first-order valence-electron chi connectivity index (χ1n) is 9.47. The number of nitrogens with zero attached hydrogens (tertiary/aromatic N) is 4. The van der Waals surface area contributed by atoms with Crippen LogP contribution in [0.15, 0.2) is 40.9 Å². The molecule has 0 saturated carbocycles. The Bertz CT molecular complexity index is 1170. The van der Waals surface area contributed by atoms with Crippen molar-refractivity contribution < 1.29 is 13.9 Å². The lowest BCUT2D eigenvalue weighted by Crippen LogP contribution is -2.48. The lowest BCUT2D eigenvalue weighted by Gasteiger charge is -2.34. The van der Waals surface area contributed by atoms with Gasteiger partial charge in [-0.3, -0.25) is 4.79 Å². The third kappa shape index (κ3) is 3.09. The van der Waals surface area contributed by atoms with Gasteiger partial charge in [-0.25, -0.2) is 9.97 Å². The molecule has 8 heteroatoms. The van der Waals surface area contributed by atoms with Crippen LogP contribution in [0.2, 0.25) is 0 Å². The number of hydrogen-bond acceptors (Lipinski definition) is 7. The maximum absolute atomic E-state index is 13.1. The van der Waals surface area contributed by atoms with Crippen LogP contribution >= 0.6 is 11.3 Å². The van der Waals surface area contributed by atoms with E-state index in [9.17, 15) is 4.79 Å². The number of benzene rings is 1. The Labute approximate surface area is 171 Å². The van der Waals surface area contributed by atoms with Crippen molar-refractivity contribution >= 4 is 43.7 Å². The van der Waals surface area contributed by atoms with Gasteiger partial charge >= 0.3 is 0 Å². The standard InChI is InChI=1S/C21H20N4O3S/c1-13-15-12-14(27-2)5-6-17(15)28-18(13)20(26)24-8-10-25(11-9-24)21-23-16-4-3-7-22-19(16)29-21/h3-7,12H,8-11H2,1-2H3. The van der Waals surface area contributed by atoms with Crippen molar-refractivity contribution in [2.75, 3.05) is 38.2 Å². The average molecular weight is 408 g/mol. The Hall–Kier alpha value is -3.13. The first-order chi connectivity index (χ1) is 14.1. The van der Waals surface area contributed by atoms with Crippen LogP contribution in [-0.2, 0) is 0 Å². The van der Waals surface area contributed by atoms with Gasteiger partial charge < -0.3 is 19.0 Å². The SMILES string of the molecule is COc1ccc2oc(C(=O)N3CCN(c4nc5cccnc5s4)CC3)c(C)c2c1. The number of aryl methyl sites for hydroxylation is 1. The van der Waals surface area contributed by atoms with E-state index in [0.717, 1.165) is 45.3 Å². The zero-order chi connectivity index (χ0) is 20.0. The third-order valence-electron chi connectivity index (χ3n) is 5.33. The van der Waals surface area contributed by atoms with Crippen LogP contribution < -0.4 is 9.64 Å². The molecule has 5 rings (SSSR count). The van der Waals surface area contributed by atoms with Gasteiger partial charge in [-0.15, -0.1) is 0 Å². The van der Waals surface area contributed by atoms with Crippen LogP contribution in [0.5, 0.6) is 5.75 Å². The highest BCUT2D eigenvalue weighted by Gasteiger charge is 2.28. The normalized spacial score (nSPS) is 14.7. The van der Waals surface area contributed by atoms with Gasteiger partial charge in [0.15, 0.2) is 10.9 Å². The number of piperazine rings is 1. The minimum absolute atomic E-state index is 0.0664. The Morgan fingerprint density at radius 2 is 2.03 bits per heavy atom. The summed E-state index contributed by atoms with van der Waals surface area (Å²) < 4.78 is 11.2. The van der Waals surface area contributed by atoms with Crippen molar-refractivity contribution in [1.82, 2.24) is 14.9 Å². The molecular weight excluding hydrogens is 388 g/mol. The number of amides is 1. The quantitative estimate of drug-likeness (QED) is 0.515. The van der Waals surface area contributed by atoms with E-state index in [1.807, 2.05) is 42.2 Å². The van der Waals surface area contributed by atoms with Crippen molar-refractivity contribution in [3.63, 3.8) is 0 Å². The van der Waals surface area contributed by atoms with Crippen LogP contribution in [0.3, 0.4) is 0 Å². The Morgan fingerprint density at radius 3 is 2.79 bits per heavy atom. The molecule has 0 aliphatic carbocycles. The lowest BCUT2D eigenvalue weighted by atomic mass is 10.1. The van der Waals surface area contributed by atoms with Gasteiger partial charge in [0, 0.05) is 43.3 Å². The summed E-state index contributed by atoms with van der Waals surface area (Å²) >= 11 is 1.59. The number of carbonyl (C=O) groups is 1. The highest BCUT2D eigenvalue weighted by Crippen LogP contribution is 2.31. The van der Waals surface area contributed by atoms with Crippen LogP contribution in [0.4, 0.5) is 5.13 Å². The molecule has 1 fully saturated rings. The number of methoxy groups -OCH3 is 1. The van der Waals surface area contributed by atoms with E-state index in [-0.39, 0.29) is 5.91 Å². The van der Waals surface area contributed by atoms with Crippen LogP contribution in [0, 0.1) is 6.92 Å². The molecule has 29 heavy (non-hydrogen) atoms. The molecular formula is C21H20N4O3S. The smallest absolute Gasteiger partial charge is 0.290 e. The summed E-state index contributed by atoms with van der Waals surface area (Å²) in [6.07, 6.45) is 1.78. The van der Waals surface area contributed by atoms with Gasteiger partial charge in [-0.05, 0) is 37.3 Å². The van der Waals surface area contributed by atoms with E-state index in [1.54, 1.807) is 24.6 Å². The zero-order valence-corrected chi connectivity index (χ0v) is 17.0. The Morgan fingerprint density at radius 1 is 1.21 bits per heavy atom. The molecule has 1 aliphatic rings. The summed E-state index contributed by atoms with van der Waals surface area (Å²) in [6, 6.07) is 9.46. The lowest BCUT2D eigenvalue weighted by molar-refractivity contribution is 0.0716. The molecule has 0 atom stereocenters. The summed E-state index contributed by atoms with van der Waals surface area (Å²) in [6.45, 7) is 4.64. The summed E-state index contributed by atoms with van der Waals surface area (Å²) in [5.41, 5.74) is 2.47. The second kappa shape index (κ2) is 7.04. The molecule has 148 valence electrons. The molecule has 0 radical (unpaired) electrons. The number of ether oxygens (including phenoxy) is 1. The summed E-state index contributed by atoms with van der Waals surface area (Å²) in [7, 11) is 1.63. The molecule has 4 aromatic rings. The van der Waals surface area contributed by atoms with Gasteiger partial charge in [-0.2, -0.15) is 0 Å². The van der Waals surface area contributed by atoms with E-state index >= 15 is 0 Å². The number of carbonyl (C=O) groups excluding carboxylic acids is 1. The molecule has 4 heterocycles. The van der Waals surface area contributed by atoms with Gasteiger partial charge in [0.25, 0.3) is 5.91 Å². The summed E-state index contributed by atoms with van der Waals surface area (Å²) in [5, 5.41) is 1.87. The first kappa shape index (κ1) is 17.9. The maximum atomic E-state index is 13.1. The van der Waals surface area contributed by atoms with Gasteiger partial charge in [0.05, 0.1) is 7.11 Å². The van der Waals surface area contributed by atoms with Gasteiger partial charge in [0.1, 0.15) is 21.7 Å². The summed E-state index contributed by atoms with van der Waals surface area (Å²) in [5.74, 6) is 1.09. The van der Waals surface area contributed by atoms with Crippen LogP contribution in [0.1, 0.15) is 16.1 Å². The van der Waals surface area contributed by atoms with E-state index in [1.165, 1.54) is 0 Å². The minimum atomic E-state index is -0.0664. The van der Waals surface area contributed by atoms with E-state index < -0.39 is 0 Å². The third-order valence-corrected chi connectivity index (χ3v) is 6.37. The van der Waals surface area contributed by atoms with Crippen LogP contribution in [-0.4, -0.2) is 54.1 Å². The predicted molar refractivity (Wildman–Crippen MR) is 113 cm³/mol. The molecule has 7 nitrogen and oxygen atoms in total. The molecule has 1 aromatic carbocycles. The van der Waals surface area contributed by atoms with Crippen molar-refractivity contribution in [3.05, 3.63) is 47.9 Å². The molecule has 0 spiro atoms.